The van der Waals surface area contributed by atoms with E-state index < -0.39 is 0 Å². The van der Waals surface area contributed by atoms with Gasteiger partial charge in [-0.05, 0) is 44.9 Å². The molecule has 1 fully saturated rings. The van der Waals surface area contributed by atoms with Crippen LogP contribution in [0.25, 0.3) is 0 Å². The van der Waals surface area contributed by atoms with Crippen molar-refractivity contribution in [2.24, 2.45) is 5.73 Å². The molecule has 0 spiro atoms. The van der Waals surface area contributed by atoms with Gasteiger partial charge in [-0.25, -0.2) is 0 Å². The molecule has 0 radical (unpaired) electrons. The van der Waals surface area contributed by atoms with E-state index in [0.29, 0.717) is 18.6 Å². The van der Waals surface area contributed by atoms with Gasteiger partial charge in [0.05, 0.1) is 0 Å². The van der Waals surface area contributed by atoms with Crippen molar-refractivity contribution in [1.82, 2.24) is 9.88 Å². The van der Waals surface area contributed by atoms with E-state index in [9.17, 15) is 0 Å². The van der Waals surface area contributed by atoms with E-state index in [-0.39, 0.29) is 0 Å². The lowest BCUT2D eigenvalue weighted by molar-refractivity contribution is 0.195. The van der Waals surface area contributed by atoms with E-state index in [2.05, 4.69) is 28.9 Å². The Bertz CT molecular complexity index is 334. The highest BCUT2D eigenvalue weighted by Gasteiger charge is 2.27. The molecule has 1 aromatic rings. The molecular weight excluding hydrogens is 198 g/mol. The minimum Gasteiger partial charge on any atom is -0.329 e. The SMILES string of the molecule is Cc1ccc(C(CN)N2CCCC2C)cn1. The molecular formula is C13H21N3. The second kappa shape index (κ2) is 4.93. The second-order valence-corrected chi connectivity index (χ2v) is 4.71. The first-order chi connectivity index (χ1) is 7.72. The Labute approximate surface area is 97.7 Å². The summed E-state index contributed by atoms with van der Waals surface area (Å²) in [6, 6.07) is 5.21. The number of pyridine rings is 1. The van der Waals surface area contributed by atoms with Crippen LogP contribution in [0.2, 0.25) is 0 Å². The van der Waals surface area contributed by atoms with Crippen LogP contribution < -0.4 is 5.73 Å². The smallest absolute Gasteiger partial charge is 0.0488 e. The average Bonchev–Trinajstić information content (AvgIpc) is 2.69. The number of aryl methyl sites for hydroxylation is 1. The van der Waals surface area contributed by atoms with Gasteiger partial charge in [-0.3, -0.25) is 9.88 Å². The largest absolute Gasteiger partial charge is 0.329 e. The molecule has 0 bridgehead atoms. The molecule has 3 nitrogen and oxygen atoms in total. The minimum absolute atomic E-state index is 0.339. The zero-order valence-corrected chi connectivity index (χ0v) is 10.2. The maximum atomic E-state index is 5.92. The van der Waals surface area contributed by atoms with Crippen molar-refractivity contribution in [3.05, 3.63) is 29.6 Å². The van der Waals surface area contributed by atoms with Crippen LogP contribution >= 0.6 is 0 Å². The fourth-order valence-electron chi connectivity index (χ4n) is 2.56. The number of likely N-dealkylation sites (tertiary alicyclic amines) is 1. The quantitative estimate of drug-likeness (QED) is 0.844. The molecule has 2 N–H and O–H groups in total. The fraction of sp³-hybridized carbons (Fsp3) is 0.615. The van der Waals surface area contributed by atoms with Gasteiger partial charge in [0.1, 0.15) is 0 Å². The van der Waals surface area contributed by atoms with Crippen molar-refractivity contribution in [3.63, 3.8) is 0 Å². The van der Waals surface area contributed by atoms with E-state index in [1.807, 2.05) is 13.1 Å². The molecule has 0 amide bonds. The van der Waals surface area contributed by atoms with Crippen LogP contribution in [0.5, 0.6) is 0 Å². The Hall–Kier alpha value is -0.930. The lowest BCUT2D eigenvalue weighted by Crippen LogP contribution is -2.36. The van der Waals surface area contributed by atoms with Crippen molar-refractivity contribution in [3.8, 4) is 0 Å². The Balaban J connectivity index is 2.18. The van der Waals surface area contributed by atoms with E-state index in [1.165, 1.54) is 18.4 Å². The van der Waals surface area contributed by atoms with Crippen LogP contribution in [0.4, 0.5) is 0 Å². The predicted octanol–water partition coefficient (Wildman–Crippen LogP) is 1.87. The van der Waals surface area contributed by atoms with Crippen LogP contribution in [0.3, 0.4) is 0 Å². The zero-order valence-electron chi connectivity index (χ0n) is 10.2. The molecule has 2 heterocycles. The normalized spacial score (nSPS) is 23.6. The van der Waals surface area contributed by atoms with Crippen molar-refractivity contribution in [1.29, 1.82) is 0 Å². The van der Waals surface area contributed by atoms with Gasteiger partial charge < -0.3 is 5.73 Å². The maximum Gasteiger partial charge on any atom is 0.0488 e. The summed E-state index contributed by atoms with van der Waals surface area (Å²) in [7, 11) is 0. The van der Waals surface area contributed by atoms with Crippen molar-refractivity contribution < 1.29 is 0 Å². The lowest BCUT2D eigenvalue weighted by Gasteiger charge is -2.30. The van der Waals surface area contributed by atoms with Crippen molar-refractivity contribution in [2.75, 3.05) is 13.1 Å². The summed E-state index contributed by atoms with van der Waals surface area (Å²) in [5.41, 5.74) is 8.23. The fourth-order valence-corrected chi connectivity index (χ4v) is 2.56. The Morgan fingerprint density at radius 1 is 1.56 bits per heavy atom. The van der Waals surface area contributed by atoms with Gasteiger partial charge in [0, 0.05) is 30.5 Å². The third kappa shape index (κ3) is 2.25. The standard InChI is InChI=1S/C13H21N3/c1-10-5-6-12(9-15-10)13(8-14)16-7-3-4-11(16)2/h5-6,9,11,13H,3-4,7-8,14H2,1-2H3. The predicted molar refractivity (Wildman–Crippen MR) is 66.2 cm³/mol. The summed E-state index contributed by atoms with van der Waals surface area (Å²) in [6.07, 6.45) is 4.55. The first kappa shape index (κ1) is 11.6. The van der Waals surface area contributed by atoms with Gasteiger partial charge in [0.2, 0.25) is 0 Å². The van der Waals surface area contributed by atoms with Crippen LogP contribution in [0.15, 0.2) is 18.3 Å². The van der Waals surface area contributed by atoms with Crippen LogP contribution in [-0.4, -0.2) is 29.0 Å². The molecule has 2 rings (SSSR count). The molecule has 3 heteroatoms. The van der Waals surface area contributed by atoms with Crippen molar-refractivity contribution in [2.45, 2.75) is 38.8 Å². The van der Waals surface area contributed by atoms with Crippen molar-refractivity contribution >= 4 is 0 Å². The Kier molecular flexibility index (Phi) is 3.56. The summed E-state index contributed by atoms with van der Waals surface area (Å²) in [5, 5.41) is 0. The molecule has 0 saturated carbocycles. The average molecular weight is 219 g/mol. The highest BCUT2D eigenvalue weighted by molar-refractivity contribution is 5.18. The van der Waals surface area contributed by atoms with Crippen LogP contribution in [0.1, 0.15) is 37.1 Å². The lowest BCUT2D eigenvalue weighted by atomic mass is 10.1. The molecule has 1 aliphatic rings. The number of rotatable bonds is 3. The first-order valence-corrected chi connectivity index (χ1v) is 6.10. The van der Waals surface area contributed by atoms with Gasteiger partial charge in [0.25, 0.3) is 0 Å². The number of nitrogens with two attached hydrogens (primary N) is 1. The van der Waals surface area contributed by atoms with Gasteiger partial charge in [0.15, 0.2) is 0 Å². The molecule has 1 saturated heterocycles. The molecule has 16 heavy (non-hydrogen) atoms. The molecule has 2 unspecified atom stereocenters. The summed E-state index contributed by atoms with van der Waals surface area (Å²) >= 11 is 0. The van der Waals surface area contributed by atoms with E-state index in [0.717, 1.165) is 12.2 Å². The molecule has 0 aromatic carbocycles. The van der Waals surface area contributed by atoms with Gasteiger partial charge in [-0.1, -0.05) is 6.07 Å². The van der Waals surface area contributed by atoms with E-state index >= 15 is 0 Å². The first-order valence-electron chi connectivity index (χ1n) is 6.10. The van der Waals surface area contributed by atoms with Crippen LogP contribution in [-0.2, 0) is 0 Å². The molecule has 0 aliphatic carbocycles. The topological polar surface area (TPSA) is 42.1 Å². The molecule has 1 aromatic heterocycles. The van der Waals surface area contributed by atoms with Crippen LogP contribution in [0, 0.1) is 6.92 Å². The van der Waals surface area contributed by atoms with E-state index in [4.69, 9.17) is 5.73 Å². The molecule has 2 atom stereocenters. The Morgan fingerprint density at radius 2 is 2.38 bits per heavy atom. The summed E-state index contributed by atoms with van der Waals surface area (Å²) in [4.78, 5) is 6.87. The summed E-state index contributed by atoms with van der Waals surface area (Å²) in [5.74, 6) is 0. The highest BCUT2D eigenvalue weighted by atomic mass is 15.2. The number of hydrogen-bond donors (Lipinski definition) is 1. The summed E-state index contributed by atoms with van der Waals surface area (Å²) < 4.78 is 0. The molecule has 1 aliphatic heterocycles. The Morgan fingerprint density at radius 3 is 2.88 bits per heavy atom. The summed E-state index contributed by atoms with van der Waals surface area (Å²) in [6.45, 7) is 6.14. The third-order valence-corrected chi connectivity index (χ3v) is 3.55. The molecule has 88 valence electrons. The van der Waals surface area contributed by atoms with E-state index in [1.54, 1.807) is 0 Å². The number of hydrogen-bond acceptors (Lipinski definition) is 3. The van der Waals surface area contributed by atoms with Gasteiger partial charge in [-0.15, -0.1) is 0 Å². The second-order valence-electron chi connectivity index (χ2n) is 4.71. The minimum atomic E-state index is 0.339. The third-order valence-electron chi connectivity index (χ3n) is 3.55. The zero-order chi connectivity index (χ0) is 11.5. The number of aromatic nitrogens is 1. The highest BCUT2D eigenvalue weighted by Crippen LogP contribution is 2.28. The monoisotopic (exact) mass is 219 g/mol. The van der Waals surface area contributed by atoms with Gasteiger partial charge >= 0.3 is 0 Å². The van der Waals surface area contributed by atoms with Gasteiger partial charge in [-0.2, -0.15) is 0 Å². The number of nitrogens with zero attached hydrogens (tertiary/aromatic N) is 2. The maximum absolute atomic E-state index is 5.92.